The number of aromatic hydroxyl groups is 1. The van der Waals surface area contributed by atoms with E-state index in [1.54, 1.807) is 22.1 Å². The molecule has 1 amide bonds. The van der Waals surface area contributed by atoms with Crippen molar-refractivity contribution in [3.05, 3.63) is 58.8 Å². The Labute approximate surface area is 183 Å². The van der Waals surface area contributed by atoms with E-state index in [4.69, 9.17) is 14.8 Å². The van der Waals surface area contributed by atoms with Crippen LogP contribution < -0.4 is 10.1 Å². The lowest BCUT2D eigenvalue weighted by atomic mass is 9.85. The predicted molar refractivity (Wildman–Crippen MR) is 121 cm³/mol. The van der Waals surface area contributed by atoms with Gasteiger partial charge >= 0.3 is 0 Å². The van der Waals surface area contributed by atoms with Gasteiger partial charge in [0.2, 0.25) is 11.0 Å². The van der Waals surface area contributed by atoms with Gasteiger partial charge in [-0.1, -0.05) is 23.5 Å². The first-order valence-corrected chi connectivity index (χ1v) is 11.0. The first kappa shape index (κ1) is 19.6. The number of rotatable bonds is 4. The van der Waals surface area contributed by atoms with Gasteiger partial charge < -0.3 is 15.2 Å². The first-order valence-electron chi connectivity index (χ1n) is 10.2. The van der Waals surface area contributed by atoms with Crippen LogP contribution in [0.1, 0.15) is 41.6 Å². The number of carbonyl (C=O) groups excluding carboxylic acids is 1. The lowest BCUT2D eigenvalue weighted by Gasteiger charge is -2.24. The van der Waals surface area contributed by atoms with Crippen molar-refractivity contribution in [2.75, 3.05) is 11.9 Å². The Kier molecular flexibility index (Phi) is 4.66. The molecule has 4 aromatic rings. The zero-order valence-electron chi connectivity index (χ0n) is 17.5. The highest BCUT2D eigenvalue weighted by Crippen LogP contribution is 2.43. The fraction of sp³-hybridized carbons (Fsp3) is 0.261. The van der Waals surface area contributed by atoms with Crippen LogP contribution in [0.3, 0.4) is 0 Å². The second-order valence-electron chi connectivity index (χ2n) is 7.69. The summed E-state index contributed by atoms with van der Waals surface area (Å²) >= 11 is 1.54. The van der Waals surface area contributed by atoms with Crippen LogP contribution in [0.2, 0.25) is 0 Å². The van der Waals surface area contributed by atoms with Gasteiger partial charge in [-0.15, -0.1) is 0 Å². The van der Waals surface area contributed by atoms with Crippen molar-refractivity contribution in [3.8, 4) is 16.6 Å². The maximum absolute atomic E-state index is 12.6. The molecule has 3 heterocycles. The Morgan fingerprint density at radius 2 is 2.10 bits per heavy atom. The Morgan fingerprint density at radius 3 is 2.90 bits per heavy atom. The number of aromatic nitrogens is 3. The van der Waals surface area contributed by atoms with Gasteiger partial charge in [0.25, 0.3) is 0 Å². The van der Waals surface area contributed by atoms with E-state index in [9.17, 15) is 9.90 Å². The number of amides is 1. The highest BCUT2D eigenvalue weighted by Gasteiger charge is 2.33. The minimum Gasteiger partial charge on any atom is -0.504 e. The van der Waals surface area contributed by atoms with Crippen LogP contribution in [0.25, 0.3) is 15.3 Å². The molecule has 2 aromatic heterocycles. The predicted octanol–water partition coefficient (Wildman–Crippen LogP) is 4.68. The highest BCUT2D eigenvalue weighted by atomic mass is 32.1. The molecule has 8 heteroatoms. The number of hydrogen-bond acceptors (Lipinski definition) is 6. The molecule has 1 atom stereocenters. The van der Waals surface area contributed by atoms with E-state index in [1.165, 1.54) is 5.56 Å². The first-order chi connectivity index (χ1) is 14.9. The number of thiazole rings is 1. The van der Waals surface area contributed by atoms with Crippen molar-refractivity contribution in [1.82, 2.24) is 14.8 Å². The molecule has 1 unspecified atom stereocenters. The van der Waals surface area contributed by atoms with Crippen LogP contribution >= 0.6 is 11.3 Å². The average Bonchev–Trinajstić information content (AvgIpc) is 3.29. The summed E-state index contributed by atoms with van der Waals surface area (Å²) in [5.41, 5.74) is 4.78. The van der Waals surface area contributed by atoms with Gasteiger partial charge in [0.05, 0.1) is 22.5 Å². The quantitative estimate of drug-likeness (QED) is 0.487. The third-order valence-electron chi connectivity index (χ3n) is 5.50. The van der Waals surface area contributed by atoms with Gasteiger partial charge in [0.1, 0.15) is 5.82 Å². The van der Waals surface area contributed by atoms with E-state index in [1.807, 2.05) is 38.1 Å². The third-order valence-corrected chi connectivity index (χ3v) is 6.50. The molecule has 0 radical (unpaired) electrons. The number of aryl methyl sites for hydroxylation is 2. The van der Waals surface area contributed by atoms with Gasteiger partial charge in [-0.3, -0.25) is 4.79 Å². The van der Waals surface area contributed by atoms with Gasteiger partial charge in [0, 0.05) is 17.9 Å². The summed E-state index contributed by atoms with van der Waals surface area (Å²) in [5, 5.41) is 18.5. The van der Waals surface area contributed by atoms with Crippen molar-refractivity contribution in [2.45, 2.75) is 33.1 Å². The lowest BCUT2D eigenvalue weighted by molar-refractivity contribution is -0.116. The SMILES string of the molecule is CCOc1cc(C2CC(=O)Nc3c2c(C)nn3-c2nc3ccc(C)cc3s2)ccc1O. The number of phenols is 1. The largest absolute Gasteiger partial charge is 0.504 e. The van der Waals surface area contributed by atoms with Crippen LogP contribution in [-0.2, 0) is 4.79 Å². The minimum absolute atomic E-state index is 0.0818. The molecule has 0 fully saturated rings. The number of nitrogens with zero attached hydrogens (tertiary/aromatic N) is 3. The second-order valence-corrected chi connectivity index (χ2v) is 8.70. The molecule has 2 N–H and O–H groups in total. The molecule has 0 aliphatic carbocycles. The Morgan fingerprint density at radius 1 is 1.26 bits per heavy atom. The van der Waals surface area contributed by atoms with E-state index < -0.39 is 0 Å². The molecule has 1 aliphatic heterocycles. The summed E-state index contributed by atoms with van der Waals surface area (Å²) in [6.45, 7) is 6.31. The standard InChI is InChI=1S/C23H22N4O3S/c1-4-30-18-10-14(6-8-17(18)28)15-11-20(29)25-22-21(15)13(3)26-27(22)23-24-16-7-5-12(2)9-19(16)31-23/h5-10,15,28H,4,11H2,1-3H3,(H,25,29). The van der Waals surface area contributed by atoms with Gasteiger partial charge in [-0.25, -0.2) is 4.98 Å². The summed E-state index contributed by atoms with van der Waals surface area (Å²) in [6, 6.07) is 11.4. The molecule has 7 nitrogen and oxygen atoms in total. The fourth-order valence-electron chi connectivity index (χ4n) is 4.10. The second kappa shape index (κ2) is 7.39. The van der Waals surface area contributed by atoms with E-state index in [0.717, 1.165) is 27.0 Å². The van der Waals surface area contributed by atoms with E-state index in [-0.39, 0.29) is 17.6 Å². The van der Waals surface area contributed by atoms with Crippen molar-refractivity contribution in [3.63, 3.8) is 0 Å². The molecule has 0 spiro atoms. The van der Waals surface area contributed by atoms with E-state index in [0.29, 0.717) is 29.7 Å². The summed E-state index contributed by atoms with van der Waals surface area (Å²) < 4.78 is 8.37. The topological polar surface area (TPSA) is 89.3 Å². The number of fused-ring (bicyclic) bond motifs is 2. The summed E-state index contributed by atoms with van der Waals surface area (Å²) in [4.78, 5) is 17.4. The molecule has 31 heavy (non-hydrogen) atoms. The number of carbonyl (C=O) groups is 1. The molecule has 158 valence electrons. The number of phenolic OH excluding ortho intramolecular Hbond substituents is 1. The van der Waals surface area contributed by atoms with Gasteiger partial charge in [-0.05, 0) is 56.2 Å². The number of benzene rings is 2. The molecular formula is C23H22N4O3S. The molecule has 1 aliphatic rings. The Balaban J connectivity index is 1.63. The van der Waals surface area contributed by atoms with E-state index in [2.05, 4.69) is 18.3 Å². The van der Waals surface area contributed by atoms with Gasteiger partial charge in [-0.2, -0.15) is 9.78 Å². The monoisotopic (exact) mass is 434 g/mol. The maximum Gasteiger partial charge on any atom is 0.226 e. The van der Waals surface area contributed by atoms with Crippen molar-refractivity contribution in [1.29, 1.82) is 0 Å². The summed E-state index contributed by atoms with van der Waals surface area (Å²) in [5.74, 6) is 0.888. The van der Waals surface area contributed by atoms with Crippen LogP contribution in [0.5, 0.6) is 11.5 Å². The maximum atomic E-state index is 12.6. The molecule has 0 bridgehead atoms. The van der Waals surface area contributed by atoms with Gasteiger partial charge in [0.15, 0.2) is 11.5 Å². The third kappa shape index (κ3) is 3.33. The number of anilines is 1. The normalized spacial score (nSPS) is 15.7. The zero-order valence-corrected chi connectivity index (χ0v) is 18.3. The summed E-state index contributed by atoms with van der Waals surface area (Å²) in [7, 11) is 0. The molecule has 0 saturated carbocycles. The van der Waals surface area contributed by atoms with Crippen molar-refractivity contribution >= 4 is 33.3 Å². The number of hydrogen-bond donors (Lipinski definition) is 2. The average molecular weight is 435 g/mol. The molecule has 5 rings (SSSR count). The zero-order chi connectivity index (χ0) is 21.7. The highest BCUT2D eigenvalue weighted by molar-refractivity contribution is 7.20. The van der Waals surface area contributed by atoms with Crippen molar-refractivity contribution < 1.29 is 14.6 Å². The Hall–Kier alpha value is -3.39. The van der Waals surface area contributed by atoms with Crippen LogP contribution in [0.4, 0.5) is 5.82 Å². The minimum atomic E-state index is -0.186. The number of ether oxygens (including phenoxy) is 1. The number of nitrogens with one attached hydrogen (secondary N) is 1. The van der Waals surface area contributed by atoms with Crippen LogP contribution in [-0.4, -0.2) is 32.4 Å². The smallest absolute Gasteiger partial charge is 0.226 e. The van der Waals surface area contributed by atoms with Crippen molar-refractivity contribution in [2.24, 2.45) is 0 Å². The molecular weight excluding hydrogens is 412 g/mol. The van der Waals surface area contributed by atoms with E-state index >= 15 is 0 Å². The fourth-order valence-corrected chi connectivity index (χ4v) is 5.12. The molecule has 0 saturated heterocycles. The lowest BCUT2D eigenvalue weighted by Crippen LogP contribution is -2.25. The van der Waals surface area contributed by atoms with Crippen LogP contribution in [0.15, 0.2) is 36.4 Å². The Bertz CT molecular complexity index is 1320. The van der Waals surface area contributed by atoms with Crippen LogP contribution in [0, 0.1) is 13.8 Å². The summed E-state index contributed by atoms with van der Waals surface area (Å²) in [6.07, 6.45) is 0.301. The molecule has 2 aromatic carbocycles.